The maximum absolute atomic E-state index is 16.9. The zero-order valence-corrected chi connectivity index (χ0v) is 25.1. The number of halogens is 1. The van der Waals surface area contributed by atoms with Gasteiger partial charge in [0, 0.05) is 0 Å². The lowest BCUT2D eigenvalue weighted by atomic mass is 10.1. The summed E-state index contributed by atoms with van der Waals surface area (Å²) in [4.78, 5) is 45.2. The number of nitrogens with zero attached hydrogens (tertiary/aromatic N) is 7. The molecule has 0 spiro atoms. The summed E-state index contributed by atoms with van der Waals surface area (Å²) in [7, 11) is -5.18. The minimum absolute atomic E-state index is 0.0354. The zero-order valence-electron chi connectivity index (χ0n) is 22.4. The van der Waals surface area contributed by atoms with Crippen molar-refractivity contribution in [1.82, 2.24) is 39.0 Å². The Morgan fingerprint density at radius 3 is 2.53 bits per heavy atom. The summed E-state index contributed by atoms with van der Waals surface area (Å²) in [6.07, 6.45) is -3.66. The number of anilines is 2. The van der Waals surface area contributed by atoms with Crippen LogP contribution in [-0.4, -0.2) is 99.9 Å². The van der Waals surface area contributed by atoms with Crippen LogP contribution in [-0.2, 0) is 48.2 Å². The third kappa shape index (κ3) is 4.95. The van der Waals surface area contributed by atoms with Crippen molar-refractivity contribution in [1.29, 1.82) is 0 Å². The highest BCUT2D eigenvalue weighted by Gasteiger charge is 2.60. The molecule has 7 heterocycles. The summed E-state index contributed by atoms with van der Waals surface area (Å²) in [5.74, 6) is -3.14. The molecule has 7 rings (SSSR count). The third-order valence-corrected chi connectivity index (χ3v) is 10.1. The average Bonchev–Trinajstić information content (AvgIpc) is 3.73. The van der Waals surface area contributed by atoms with Gasteiger partial charge in [0.15, 0.2) is 28.7 Å². The smallest absolute Gasteiger partial charge is 0.385 e. The van der Waals surface area contributed by atoms with E-state index in [1.807, 2.05) is 0 Å². The van der Waals surface area contributed by atoms with Crippen LogP contribution in [0.1, 0.15) is 0 Å². The number of aromatic amines is 1. The molecule has 0 aliphatic carbocycles. The van der Waals surface area contributed by atoms with Crippen LogP contribution in [0.5, 0.6) is 0 Å². The van der Waals surface area contributed by atoms with E-state index >= 15 is 4.39 Å². The largest absolute Gasteiger partial charge is 0.472 e. The van der Waals surface area contributed by atoms with Crippen LogP contribution in [0, 0.1) is 0 Å². The Morgan fingerprint density at radius 2 is 1.73 bits per heavy atom. The number of fused-ring (bicyclic) bond motifs is 5. The van der Waals surface area contributed by atoms with E-state index in [1.165, 1.54) is 0 Å². The number of aromatic nitrogens is 8. The minimum Gasteiger partial charge on any atom is -0.385 e. The summed E-state index contributed by atoms with van der Waals surface area (Å²) in [5, 5.41) is 11.4. The van der Waals surface area contributed by atoms with Crippen LogP contribution in [0.2, 0.25) is 0 Å². The fraction of sp³-hybridized carbons (Fsp3) is 0.500. The van der Waals surface area contributed by atoms with Crippen molar-refractivity contribution in [2.24, 2.45) is 0 Å². The molecule has 21 nitrogen and oxygen atoms in total. The number of phosphoric ester groups is 1. The van der Waals surface area contributed by atoms with Gasteiger partial charge in [0.05, 0.1) is 32.5 Å². The molecule has 25 heteroatoms. The van der Waals surface area contributed by atoms with Crippen molar-refractivity contribution in [2.75, 3.05) is 37.9 Å². The van der Waals surface area contributed by atoms with E-state index in [2.05, 4.69) is 42.2 Å². The Bertz CT molecular complexity index is 1980. The third-order valence-electron chi connectivity index (χ3n) is 7.51. The number of hydrogen-bond donors (Lipinski definition) is 6. The molecule has 45 heavy (non-hydrogen) atoms. The maximum Gasteiger partial charge on any atom is 0.472 e. The number of nitrogen functional groups attached to an aromatic ring is 2. The number of thiol groups is 1. The quantitative estimate of drug-likeness (QED) is 0.110. The molecule has 8 atom stereocenters. The number of alkyl halides is 1. The van der Waals surface area contributed by atoms with Crippen LogP contribution in [0.15, 0.2) is 23.8 Å². The standard InChI is InChI=1S/C20H23FN10O11P2S/c21-19(30-6-26-10-14(22)24-5-25-15(10)30)3-37-9-2-40-44(36,45)42-20(31-7-27-11-16(31)28-18(23)29-17(11)33)4-38-8(12(20)32)1-39-43(34,35)41-13(9)19/h5-9,12-13,32H,1-4H2,(H,34,35)(H,36,45)(H2,22,24,25)(H3,23,28,29,33)/t8-,9+,12-,13-,19-,20-,44?/m1/s1. The van der Waals surface area contributed by atoms with Gasteiger partial charge in [0.2, 0.25) is 17.5 Å². The Labute approximate surface area is 254 Å². The number of rotatable bonds is 2. The Balaban J connectivity index is 1.28. The van der Waals surface area contributed by atoms with Gasteiger partial charge in [0.25, 0.3) is 5.56 Å². The van der Waals surface area contributed by atoms with Gasteiger partial charge < -0.3 is 30.9 Å². The summed E-state index contributed by atoms with van der Waals surface area (Å²) in [6.45, 7) is -7.59. The predicted molar refractivity (Wildman–Crippen MR) is 149 cm³/mol. The van der Waals surface area contributed by atoms with Crippen LogP contribution < -0.4 is 17.0 Å². The fourth-order valence-electron chi connectivity index (χ4n) is 5.40. The van der Waals surface area contributed by atoms with E-state index in [-0.39, 0.29) is 34.1 Å². The van der Waals surface area contributed by atoms with Crippen LogP contribution in [0.4, 0.5) is 16.2 Å². The SMILES string of the molecule is Nc1nc2c(ncn2[C@]23CO[C@H](COP(=O)(O)O[C@@H]4[C@H](COP(=O)(S)O2)OC[C@@]4(F)n2cnc4c(N)ncnc42)[C@H]3O)c(=O)[nH]1. The van der Waals surface area contributed by atoms with Gasteiger partial charge in [-0.3, -0.25) is 37.0 Å². The second-order valence-electron chi connectivity index (χ2n) is 10.2. The number of ether oxygens (including phenoxy) is 2. The van der Waals surface area contributed by atoms with Gasteiger partial charge in [-0.15, -0.1) is 0 Å². The number of imidazole rings is 2. The molecule has 4 aromatic rings. The monoisotopic (exact) mass is 692 g/mol. The van der Waals surface area contributed by atoms with Crippen molar-refractivity contribution < 1.29 is 51.1 Å². The van der Waals surface area contributed by atoms with Gasteiger partial charge in [-0.1, -0.05) is 12.2 Å². The van der Waals surface area contributed by atoms with Gasteiger partial charge >= 0.3 is 14.6 Å². The predicted octanol–water partition coefficient (Wildman–Crippen LogP) is -0.856. The first-order valence-electron chi connectivity index (χ1n) is 12.8. The summed E-state index contributed by atoms with van der Waals surface area (Å²) in [5.41, 5.74) is 8.11. The highest BCUT2D eigenvalue weighted by atomic mass is 32.7. The normalized spacial score (nSPS) is 37.7. The molecule has 3 aliphatic heterocycles. The highest BCUT2D eigenvalue weighted by Crippen LogP contribution is 2.60. The van der Waals surface area contributed by atoms with Crippen LogP contribution >= 0.6 is 26.9 Å². The van der Waals surface area contributed by atoms with E-state index in [1.54, 1.807) is 0 Å². The zero-order chi connectivity index (χ0) is 31.9. The van der Waals surface area contributed by atoms with Crippen LogP contribution in [0.25, 0.3) is 22.3 Å². The molecule has 4 aromatic heterocycles. The molecule has 0 radical (unpaired) electrons. The number of nitrogens with one attached hydrogen (secondary N) is 1. The van der Waals surface area contributed by atoms with Crippen molar-refractivity contribution in [3.63, 3.8) is 0 Å². The number of nitrogens with two attached hydrogens (primary N) is 2. The van der Waals surface area contributed by atoms with E-state index in [0.29, 0.717) is 0 Å². The maximum atomic E-state index is 16.9. The Morgan fingerprint density at radius 1 is 1.02 bits per heavy atom. The van der Waals surface area contributed by atoms with Gasteiger partial charge in [-0.05, 0) is 0 Å². The minimum atomic E-state index is -5.18. The van der Waals surface area contributed by atoms with Gasteiger partial charge in [0.1, 0.15) is 36.8 Å². The summed E-state index contributed by atoms with van der Waals surface area (Å²) in [6, 6.07) is 0. The first-order valence-corrected chi connectivity index (χ1v) is 17.0. The molecular formula is C20H23FN10O11P2S. The molecule has 7 N–H and O–H groups in total. The van der Waals surface area contributed by atoms with Gasteiger partial charge in [-0.25, -0.2) is 33.5 Å². The lowest BCUT2D eigenvalue weighted by molar-refractivity contribution is -0.0939. The second-order valence-corrected chi connectivity index (χ2v) is 14.5. The van der Waals surface area contributed by atoms with Crippen LogP contribution in [0.3, 0.4) is 0 Å². The Hall–Kier alpha value is -3.08. The topological polar surface area (TPSA) is 289 Å². The van der Waals surface area contributed by atoms with Crippen molar-refractivity contribution in [3.8, 4) is 0 Å². The highest BCUT2D eigenvalue weighted by molar-refractivity contribution is 8.44. The lowest BCUT2D eigenvalue weighted by Gasteiger charge is -2.34. The molecule has 3 aliphatic rings. The first kappa shape index (κ1) is 30.6. The van der Waals surface area contributed by atoms with E-state index < -0.39 is 82.5 Å². The fourth-order valence-corrected chi connectivity index (χ4v) is 8.04. The summed E-state index contributed by atoms with van der Waals surface area (Å²) >= 11 is 4.05. The molecule has 0 amide bonds. The second kappa shape index (κ2) is 10.5. The lowest BCUT2D eigenvalue weighted by Crippen LogP contribution is -2.48. The van der Waals surface area contributed by atoms with Crippen molar-refractivity contribution in [2.45, 2.75) is 35.9 Å². The molecule has 0 aromatic carbocycles. The molecule has 2 unspecified atom stereocenters. The molecule has 242 valence electrons. The molecule has 3 fully saturated rings. The van der Waals surface area contributed by atoms with E-state index in [9.17, 15) is 23.9 Å². The number of hydrogen-bond acceptors (Lipinski definition) is 17. The molecule has 3 saturated heterocycles. The van der Waals surface area contributed by atoms with Crippen molar-refractivity contribution in [3.05, 3.63) is 29.3 Å². The number of aliphatic hydroxyl groups excluding tert-OH is 1. The van der Waals surface area contributed by atoms with E-state index in [0.717, 1.165) is 28.1 Å². The molecular weight excluding hydrogens is 669 g/mol. The first-order chi connectivity index (χ1) is 21.2. The molecule has 2 bridgehead atoms. The summed E-state index contributed by atoms with van der Waals surface area (Å²) < 4.78 is 78.6. The molecule has 0 saturated carbocycles. The average molecular weight is 692 g/mol. The van der Waals surface area contributed by atoms with Gasteiger partial charge in [-0.2, -0.15) is 4.98 Å². The number of aliphatic hydroxyl groups is 1. The van der Waals surface area contributed by atoms with Crippen molar-refractivity contribution >= 4 is 61.0 Å². The number of phosphoric acid groups is 1. The Kier molecular flexibility index (Phi) is 7.11. The number of H-pyrrole nitrogens is 1. The van der Waals surface area contributed by atoms with E-state index in [4.69, 9.17) is 39.0 Å².